The zero-order valence-corrected chi connectivity index (χ0v) is 18.1. The minimum atomic E-state index is -2.77. The number of alkyl halides is 2. The van der Waals surface area contributed by atoms with Gasteiger partial charge in [-0.1, -0.05) is 18.2 Å². The van der Waals surface area contributed by atoms with Gasteiger partial charge in [0, 0.05) is 45.1 Å². The minimum Gasteiger partial charge on any atom is -0.415 e. The molecule has 3 heterocycles. The van der Waals surface area contributed by atoms with Gasteiger partial charge in [0.15, 0.2) is 0 Å². The summed E-state index contributed by atoms with van der Waals surface area (Å²) in [5, 5.41) is 6.90. The molecule has 1 aromatic carbocycles. The van der Waals surface area contributed by atoms with E-state index in [0.29, 0.717) is 12.1 Å². The monoisotopic (exact) mass is 444 g/mol. The number of rotatable bonds is 6. The Bertz CT molecular complexity index is 960. The first-order chi connectivity index (χ1) is 15.5. The van der Waals surface area contributed by atoms with Crippen LogP contribution in [0.25, 0.3) is 11.5 Å². The van der Waals surface area contributed by atoms with Crippen molar-refractivity contribution in [1.29, 1.82) is 0 Å². The average molecular weight is 444 g/mol. The summed E-state index contributed by atoms with van der Waals surface area (Å²) >= 11 is 0. The van der Waals surface area contributed by atoms with Crippen molar-refractivity contribution in [3.8, 4) is 11.5 Å². The van der Waals surface area contributed by atoms with Crippen molar-refractivity contribution in [2.24, 2.45) is 0 Å². The second-order valence-corrected chi connectivity index (χ2v) is 7.42. The molecule has 1 fully saturated rings. The molecule has 10 heteroatoms. The second-order valence-electron chi connectivity index (χ2n) is 7.42. The van der Waals surface area contributed by atoms with Crippen LogP contribution in [0.1, 0.15) is 18.0 Å². The number of benzene rings is 1. The van der Waals surface area contributed by atoms with Crippen LogP contribution >= 0.6 is 0 Å². The lowest BCUT2D eigenvalue weighted by molar-refractivity contribution is -0.119. The lowest BCUT2D eigenvalue weighted by Gasteiger charge is -2.29. The summed E-state index contributed by atoms with van der Waals surface area (Å²) in [6, 6.07) is 13.5. The lowest BCUT2D eigenvalue weighted by Crippen LogP contribution is -2.43. The highest BCUT2D eigenvalue weighted by atomic mass is 19.3. The molecule has 1 aliphatic rings. The Morgan fingerprint density at radius 1 is 1.09 bits per heavy atom. The van der Waals surface area contributed by atoms with Crippen LogP contribution in [-0.2, 0) is 11.3 Å². The molecule has 0 N–H and O–H groups in total. The van der Waals surface area contributed by atoms with Crippen molar-refractivity contribution < 1.29 is 18.0 Å². The predicted octanol–water partition coefficient (Wildman–Crippen LogP) is 3.10. The first-order valence-corrected chi connectivity index (χ1v) is 10.2. The molecule has 2 aromatic heterocycles. The molecule has 8 nitrogen and oxygen atoms in total. The van der Waals surface area contributed by atoms with Crippen molar-refractivity contribution in [1.82, 2.24) is 25.0 Å². The van der Waals surface area contributed by atoms with Crippen LogP contribution in [0, 0.1) is 0 Å². The molecule has 0 radical (unpaired) electrons. The highest BCUT2D eigenvalue weighted by molar-refractivity contribution is 5.51. The van der Waals surface area contributed by atoms with E-state index in [-0.39, 0.29) is 5.89 Å². The quantitative estimate of drug-likeness (QED) is 0.541. The third kappa shape index (κ3) is 6.55. The summed E-state index contributed by atoms with van der Waals surface area (Å²) in [6.45, 7) is 4.42. The Kier molecular flexibility index (Phi) is 8.20. The van der Waals surface area contributed by atoms with Crippen molar-refractivity contribution >= 4 is 12.1 Å². The fourth-order valence-corrected chi connectivity index (χ4v) is 3.03. The SMILES string of the molecule is CN(Cc1ccc(-c2nnc(C(F)F)o2)cn1)c1ccccc1.CN1CCN(C=O)CC1. The summed E-state index contributed by atoms with van der Waals surface area (Å²) in [6.07, 6.45) is -0.313. The number of halogens is 2. The van der Waals surface area contributed by atoms with Crippen LogP contribution in [0.15, 0.2) is 53.1 Å². The van der Waals surface area contributed by atoms with E-state index >= 15 is 0 Å². The van der Waals surface area contributed by atoms with Crippen molar-refractivity contribution in [3.05, 3.63) is 60.2 Å². The normalized spacial score (nSPS) is 14.1. The van der Waals surface area contributed by atoms with Gasteiger partial charge in [-0.25, -0.2) is 0 Å². The number of nitrogens with zero attached hydrogens (tertiary/aromatic N) is 6. The number of para-hydroxylation sites is 1. The molecule has 1 saturated heterocycles. The van der Waals surface area contributed by atoms with Gasteiger partial charge in [0.2, 0.25) is 12.3 Å². The van der Waals surface area contributed by atoms with Crippen LogP contribution in [0.4, 0.5) is 14.5 Å². The number of carbonyl (C=O) groups is 1. The lowest BCUT2D eigenvalue weighted by atomic mass is 10.2. The maximum absolute atomic E-state index is 12.4. The van der Waals surface area contributed by atoms with E-state index in [9.17, 15) is 13.6 Å². The zero-order valence-electron chi connectivity index (χ0n) is 18.1. The Labute approximate surface area is 185 Å². The van der Waals surface area contributed by atoms with Crippen molar-refractivity contribution in [2.45, 2.75) is 13.0 Å². The van der Waals surface area contributed by atoms with Gasteiger partial charge in [-0.3, -0.25) is 9.78 Å². The molecule has 1 amide bonds. The first kappa shape index (κ1) is 23.3. The number of piperazine rings is 1. The molecule has 0 bridgehead atoms. The molecule has 32 heavy (non-hydrogen) atoms. The Hall–Kier alpha value is -3.40. The van der Waals surface area contributed by atoms with E-state index in [1.165, 1.54) is 6.20 Å². The van der Waals surface area contributed by atoms with Gasteiger partial charge in [-0.15, -0.1) is 10.2 Å². The zero-order chi connectivity index (χ0) is 22.9. The third-order valence-corrected chi connectivity index (χ3v) is 4.98. The van der Waals surface area contributed by atoms with E-state index in [4.69, 9.17) is 4.42 Å². The summed E-state index contributed by atoms with van der Waals surface area (Å²) < 4.78 is 29.8. The fraction of sp³-hybridized carbons (Fsp3) is 0.364. The topological polar surface area (TPSA) is 78.6 Å². The van der Waals surface area contributed by atoms with Crippen LogP contribution in [0.5, 0.6) is 0 Å². The minimum absolute atomic E-state index is 0.0377. The molecular formula is C22H26F2N6O2. The molecule has 3 aromatic rings. The molecule has 1 aliphatic heterocycles. The van der Waals surface area contributed by atoms with Gasteiger partial charge in [-0.2, -0.15) is 8.78 Å². The van der Waals surface area contributed by atoms with Crippen LogP contribution in [-0.4, -0.2) is 71.7 Å². The molecule has 170 valence electrons. The van der Waals surface area contributed by atoms with Crippen molar-refractivity contribution in [3.63, 3.8) is 0 Å². The third-order valence-electron chi connectivity index (χ3n) is 4.98. The Morgan fingerprint density at radius 3 is 2.38 bits per heavy atom. The number of likely N-dealkylation sites (N-methyl/N-ethyl adjacent to an activating group) is 1. The predicted molar refractivity (Wildman–Crippen MR) is 116 cm³/mol. The molecular weight excluding hydrogens is 418 g/mol. The average Bonchev–Trinajstić information content (AvgIpc) is 3.32. The van der Waals surface area contributed by atoms with E-state index in [2.05, 4.69) is 32.0 Å². The maximum Gasteiger partial charge on any atom is 0.314 e. The highest BCUT2D eigenvalue weighted by Crippen LogP contribution is 2.23. The summed E-state index contributed by atoms with van der Waals surface area (Å²) in [5.41, 5.74) is 2.43. The molecule has 0 atom stereocenters. The number of aromatic nitrogens is 3. The largest absolute Gasteiger partial charge is 0.415 e. The van der Waals surface area contributed by atoms with Gasteiger partial charge >= 0.3 is 6.43 Å². The first-order valence-electron chi connectivity index (χ1n) is 10.2. The number of anilines is 1. The Morgan fingerprint density at radius 2 is 1.81 bits per heavy atom. The summed E-state index contributed by atoms with van der Waals surface area (Å²) in [5.74, 6) is -0.649. The van der Waals surface area contributed by atoms with Gasteiger partial charge in [0.25, 0.3) is 5.89 Å². The number of amides is 1. The number of hydrogen-bond donors (Lipinski definition) is 0. The van der Waals surface area contributed by atoms with Gasteiger partial charge < -0.3 is 19.1 Å². The van der Waals surface area contributed by atoms with Crippen LogP contribution < -0.4 is 4.90 Å². The standard InChI is InChI=1S/C16H14F2N4O.C6H12N2O/c1-22(13-5-3-2-4-6-13)10-12-8-7-11(9-19-12)15-20-21-16(23-15)14(17)18;1-7-2-4-8(6-9)5-3-7/h2-9,14H,10H2,1H3;6H,2-5H2,1H3. The molecule has 4 rings (SSSR count). The van der Waals surface area contributed by atoms with Crippen LogP contribution in [0.2, 0.25) is 0 Å². The van der Waals surface area contributed by atoms with E-state index in [1.807, 2.05) is 37.4 Å². The fourth-order valence-electron chi connectivity index (χ4n) is 3.03. The Balaban J connectivity index is 0.000000269. The highest BCUT2D eigenvalue weighted by Gasteiger charge is 2.17. The van der Waals surface area contributed by atoms with Crippen LogP contribution in [0.3, 0.4) is 0 Å². The van der Waals surface area contributed by atoms with E-state index in [0.717, 1.165) is 44.0 Å². The summed E-state index contributed by atoms with van der Waals surface area (Å²) in [4.78, 5) is 20.6. The smallest absolute Gasteiger partial charge is 0.314 e. The van der Waals surface area contributed by atoms with Gasteiger partial charge in [0.1, 0.15) is 0 Å². The van der Waals surface area contributed by atoms with E-state index in [1.54, 1.807) is 17.0 Å². The van der Waals surface area contributed by atoms with E-state index < -0.39 is 12.3 Å². The van der Waals surface area contributed by atoms with Gasteiger partial charge in [0.05, 0.1) is 17.8 Å². The maximum atomic E-state index is 12.4. The molecule has 0 saturated carbocycles. The summed E-state index contributed by atoms with van der Waals surface area (Å²) in [7, 11) is 4.04. The molecule has 0 spiro atoms. The second kappa shape index (κ2) is 11.3. The number of pyridine rings is 1. The molecule has 0 unspecified atom stereocenters. The van der Waals surface area contributed by atoms with Crippen molar-refractivity contribution in [2.75, 3.05) is 45.2 Å². The number of hydrogen-bond acceptors (Lipinski definition) is 7. The number of carbonyl (C=O) groups excluding carboxylic acids is 1. The van der Waals surface area contributed by atoms with Gasteiger partial charge in [-0.05, 0) is 31.3 Å². The molecule has 0 aliphatic carbocycles.